The molecular weight excluding hydrogens is 659 g/mol. The molecule has 0 radical (unpaired) electrons. The van der Waals surface area contributed by atoms with Crippen LogP contribution < -0.4 is 24.8 Å². The Bertz CT molecular complexity index is 928. The number of likely N-dealkylation sites (N-methyl/N-ethyl adjacent to an activating group) is 2. The van der Waals surface area contributed by atoms with Gasteiger partial charge < -0.3 is 52.7 Å². The average Bonchev–Trinajstić information content (AvgIpc) is 2.90. The van der Waals surface area contributed by atoms with E-state index in [1.165, 1.54) is 12.8 Å². The van der Waals surface area contributed by atoms with Crippen LogP contribution in [0.25, 0.3) is 0 Å². The van der Waals surface area contributed by atoms with Crippen molar-refractivity contribution >= 4 is 23.9 Å². The third-order valence-corrected chi connectivity index (χ3v) is 10.1. The van der Waals surface area contributed by atoms with Gasteiger partial charge in [0.15, 0.2) is 13.1 Å². The molecule has 12 heteroatoms. The van der Waals surface area contributed by atoms with E-state index in [1.54, 1.807) is 0 Å². The standard InChI is InChI=1S/C36H66N2O8.2ClH/c1-25(2)29-13-11-27(5)21-31(29)45-35(41)23-37(7,8)17-19-43-33(39)15-16-34(40)44-20-18-38(9,10)24-36(42)46-32-22-28(6)12-14-30(32)26(3)4;;/h25-32H,11-24H2,1-10H3;2*1H/q+2;;/p-2. The number of carbonyl (C=O) groups is 4. The van der Waals surface area contributed by atoms with Gasteiger partial charge in [-0.25, -0.2) is 9.59 Å². The number of ether oxygens (including phenoxy) is 4. The molecular formula is C36H66Cl2N2O8. The minimum Gasteiger partial charge on any atom is -1.00 e. The van der Waals surface area contributed by atoms with E-state index in [0.29, 0.717) is 57.6 Å². The molecule has 0 aliphatic heterocycles. The van der Waals surface area contributed by atoms with Crippen molar-refractivity contribution in [2.75, 3.05) is 67.6 Å². The smallest absolute Gasteiger partial charge is 0.362 e. The molecule has 0 amide bonds. The van der Waals surface area contributed by atoms with Gasteiger partial charge in [0.05, 0.1) is 41.0 Å². The molecule has 0 heterocycles. The Labute approximate surface area is 303 Å². The van der Waals surface area contributed by atoms with Gasteiger partial charge in [-0.05, 0) is 61.2 Å². The first-order valence-corrected chi connectivity index (χ1v) is 17.7. The Balaban J connectivity index is 0.0000110. The van der Waals surface area contributed by atoms with E-state index in [9.17, 15) is 19.2 Å². The first-order valence-electron chi connectivity index (χ1n) is 17.7. The van der Waals surface area contributed by atoms with Crippen molar-refractivity contribution in [3.05, 3.63) is 0 Å². The first-order chi connectivity index (χ1) is 21.4. The second-order valence-electron chi connectivity index (χ2n) is 16.3. The zero-order valence-corrected chi connectivity index (χ0v) is 32.9. The fourth-order valence-electron chi connectivity index (χ4n) is 6.93. The average molecular weight is 726 g/mol. The van der Waals surface area contributed by atoms with Crippen molar-refractivity contribution < 1.29 is 71.9 Å². The molecule has 6 unspecified atom stereocenters. The van der Waals surface area contributed by atoms with Crippen LogP contribution in [0.1, 0.15) is 92.9 Å². The number of esters is 4. The molecule has 2 fully saturated rings. The maximum atomic E-state index is 12.8. The zero-order valence-electron chi connectivity index (χ0n) is 31.4. The molecule has 2 aliphatic rings. The Hall–Kier alpha value is -1.62. The van der Waals surface area contributed by atoms with E-state index in [-0.39, 0.29) is 88.1 Å². The number of nitrogens with zero attached hydrogens (tertiary/aromatic N) is 2. The molecule has 0 saturated heterocycles. The Morgan fingerprint density at radius 1 is 0.583 bits per heavy atom. The molecule has 2 saturated carbocycles. The fourth-order valence-corrected chi connectivity index (χ4v) is 6.93. The number of hydrogen-bond donors (Lipinski definition) is 0. The van der Waals surface area contributed by atoms with E-state index < -0.39 is 11.9 Å². The van der Waals surface area contributed by atoms with Gasteiger partial charge >= 0.3 is 23.9 Å². The predicted molar refractivity (Wildman–Crippen MR) is 177 cm³/mol. The summed E-state index contributed by atoms with van der Waals surface area (Å²) in [6.45, 7) is 14.8. The predicted octanol–water partition coefficient (Wildman–Crippen LogP) is -0.978. The van der Waals surface area contributed by atoms with Crippen molar-refractivity contribution in [2.24, 2.45) is 35.5 Å². The van der Waals surface area contributed by atoms with E-state index in [2.05, 4.69) is 41.5 Å². The lowest BCUT2D eigenvalue weighted by molar-refractivity contribution is -0.883. The van der Waals surface area contributed by atoms with Gasteiger partial charge in [0.1, 0.15) is 38.5 Å². The van der Waals surface area contributed by atoms with Crippen LogP contribution in [-0.2, 0) is 38.1 Å². The summed E-state index contributed by atoms with van der Waals surface area (Å²) in [6, 6.07) is 0. The Morgan fingerprint density at radius 2 is 0.917 bits per heavy atom. The monoisotopic (exact) mass is 724 g/mol. The number of quaternary nitrogens is 2. The topological polar surface area (TPSA) is 105 Å². The summed E-state index contributed by atoms with van der Waals surface area (Å²) in [5.74, 6) is 1.44. The Morgan fingerprint density at radius 3 is 1.23 bits per heavy atom. The summed E-state index contributed by atoms with van der Waals surface area (Å²) < 4.78 is 23.3. The maximum absolute atomic E-state index is 12.8. The summed E-state index contributed by atoms with van der Waals surface area (Å²) in [5.41, 5.74) is 0. The highest BCUT2D eigenvalue weighted by Gasteiger charge is 2.36. The number of carbonyl (C=O) groups excluding carboxylic acids is 4. The third-order valence-electron chi connectivity index (χ3n) is 10.1. The van der Waals surface area contributed by atoms with Crippen molar-refractivity contribution in [1.82, 2.24) is 0 Å². The first kappa shape index (κ1) is 46.4. The van der Waals surface area contributed by atoms with Gasteiger partial charge in [-0.1, -0.05) is 54.4 Å². The minimum absolute atomic E-state index is 0. The van der Waals surface area contributed by atoms with E-state index >= 15 is 0 Å². The fraction of sp³-hybridized carbons (Fsp3) is 0.889. The second kappa shape index (κ2) is 21.6. The maximum Gasteiger partial charge on any atom is 0.362 e. The van der Waals surface area contributed by atoms with Gasteiger partial charge in [-0.2, -0.15) is 0 Å². The normalized spacial score (nSPS) is 24.6. The minimum atomic E-state index is -0.480. The number of hydrogen-bond acceptors (Lipinski definition) is 8. The number of halogens is 2. The molecule has 0 spiro atoms. The summed E-state index contributed by atoms with van der Waals surface area (Å²) in [7, 11) is 7.64. The SMILES string of the molecule is CC1CCC(C(C)C)C(OC(=O)C[N+](C)(C)CCOC(=O)CCC(=O)OCC[N+](C)(C)CC(=O)OC2CC(C)CCC2C(C)C)C1.[Cl-].[Cl-]. The Kier molecular flexibility index (Phi) is 20.8. The van der Waals surface area contributed by atoms with Crippen LogP contribution >= 0.6 is 0 Å². The molecule has 282 valence electrons. The van der Waals surface area contributed by atoms with Crippen LogP contribution in [-0.4, -0.2) is 113 Å². The molecule has 0 N–H and O–H groups in total. The summed E-state index contributed by atoms with van der Waals surface area (Å²) >= 11 is 0. The molecule has 10 nitrogen and oxygen atoms in total. The van der Waals surface area contributed by atoms with Crippen molar-refractivity contribution in [3.8, 4) is 0 Å². The van der Waals surface area contributed by atoms with Gasteiger partial charge in [0.25, 0.3) is 0 Å². The van der Waals surface area contributed by atoms with E-state index in [4.69, 9.17) is 18.9 Å². The van der Waals surface area contributed by atoms with Crippen LogP contribution in [0.3, 0.4) is 0 Å². The molecule has 0 aromatic heterocycles. The molecule has 0 bridgehead atoms. The third kappa shape index (κ3) is 17.3. The lowest BCUT2D eigenvalue weighted by Crippen LogP contribution is -3.00. The van der Waals surface area contributed by atoms with Gasteiger partial charge in [0.2, 0.25) is 0 Å². The summed E-state index contributed by atoms with van der Waals surface area (Å²) in [4.78, 5) is 50.1. The van der Waals surface area contributed by atoms with Crippen molar-refractivity contribution in [3.63, 3.8) is 0 Å². The van der Waals surface area contributed by atoms with E-state index in [0.717, 1.165) is 25.7 Å². The van der Waals surface area contributed by atoms with Crippen LogP contribution in [0, 0.1) is 35.5 Å². The molecule has 0 aromatic carbocycles. The highest BCUT2D eigenvalue weighted by atomic mass is 35.5. The second-order valence-corrected chi connectivity index (χ2v) is 16.3. The molecule has 2 rings (SSSR count). The highest BCUT2D eigenvalue weighted by Crippen LogP contribution is 2.36. The largest absolute Gasteiger partial charge is 1.00 e. The zero-order chi connectivity index (χ0) is 34.7. The van der Waals surface area contributed by atoms with Crippen LogP contribution in [0.2, 0.25) is 0 Å². The number of rotatable bonds is 17. The summed E-state index contributed by atoms with van der Waals surface area (Å²) in [5, 5.41) is 0. The highest BCUT2D eigenvalue weighted by molar-refractivity contribution is 5.77. The van der Waals surface area contributed by atoms with Crippen LogP contribution in [0.5, 0.6) is 0 Å². The van der Waals surface area contributed by atoms with Crippen LogP contribution in [0.15, 0.2) is 0 Å². The molecule has 2 aliphatic carbocycles. The van der Waals surface area contributed by atoms with Crippen LogP contribution in [0.4, 0.5) is 0 Å². The van der Waals surface area contributed by atoms with Gasteiger partial charge in [-0.15, -0.1) is 0 Å². The summed E-state index contributed by atoms with van der Waals surface area (Å²) in [6.07, 6.45) is 6.12. The molecule has 48 heavy (non-hydrogen) atoms. The van der Waals surface area contributed by atoms with Crippen molar-refractivity contribution in [1.29, 1.82) is 0 Å². The van der Waals surface area contributed by atoms with Gasteiger partial charge in [-0.3, -0.25) is 9.59 Å². The molecule has 0 aromatic rings. The lowest BCUT2D eigenvalue weighted by atomic mass is 9.75. The van der Waals surface area contributed by atoms with Crippen molar-refractivity contribution in [2.45, 2.75) is 105 Å². The lowest BCUT2D eigenvalue weighted by Gasteiger charge is -2.37. The van der Waals surface area contributed by atoms with E-state index in [1.807, 2.05) is 28.2 Å². The molecule has 6 atom stereocenters. The van der Waals surface area contributed by atoms with Gasteiger partial charge in [0, 0.05) is 0 Å². The quantitative estimate of drug-likeness (QED) is 0.107.